The molecule has 0 saturated carbocycles. The molecule has 0 fully saturated rings. The minimum Gasteiger partial charge on any atom is -0.399 e. The van der Waals surface area contributed by atoms with E-state index in [1.807, 2.05) is 12.1 Å². The first-order valence-electron chi connectivity index (χ1n) is 6.22. The van der Waals surface area contributed by atoms with Gasteiger partial charge in [-0.05, 0) is 29.8 Å². The van der Waals surface area contributed by atoms with Gasteiger partial charge in [0, 0.05) is 12.7 Å². The minimum absolute atomic E-state index is 0.0849. The zero-order chi connectivity index (χ0) is 14.5. The molecular formula is C16H15N3O. The van der Waals surface area contributed by atoms with Gasteiger partial charge >= 0.3 is 0 Å². The average Bonchev–Trinajstić information content (AvgIpc) is 2.46. The van der Waals surface area contributed by atoms with Crippen molar-refractivity contribution in [2.45, 2.75) is 6.42 Å². The molecule has 2 aromatic carbocycles. The van der Waals surface area contributed by atoms with Gasteiger partial charge in [0.2, 0.25) is 5.91 Å². The van der Waals surface area contributed by atoms with Crippen LogP contribution in [0, 0.1) is 11.3 Å². The predicted molar refractivity (Wildman–Crippen MR) is 79.1 cm³/mol. The van der Waals surface area contributed by atoms with Gasteiger partial charge in [-0.25, -0.2) is 0 Å². The quantitative estimate of drug-likeness (QED) is 0.866. The van der Waals surface area contributed by atoms with Crippen molar-refractivity contribution in [3.63, 3.8) is 0 Å². The summed E-state index contributed by atoms with van der Waals surface area (Å²) in [5.41, 5.74) is 8.29. The molecular weight excluding hydrogens is 250 g/mol. The van der Waals surface area contributed by atoms with E-state index in [4.69, 9.17) is 11.0 Å². The lowest BCUT2D eigenvalue weighted by Crippen LogP contribution is -2.28. The van der Waals surface area contributed by atoms with Crippen molar-refractivity contribution in [1.29, 1.82) is 5.26 Å². The third kappa shape index (κ3) is 2.96. The Kier molecular flexibility index (Phi) is 4.02. The number of rotatable bonds is 3. The van der Waals surface area contributed by atoms with Crippen LogP contribution in [0.2, 0.25) is 0 Å². The molecule has 100 valence electrons. The summed E-state index contributed by atoms with van der Waals surface area (Å²) in [6.45, 7) is 0. The average molecular weight is 265 g/mol. The summed E-state index contributed by atoms with van der Waals surface area (Å²) in [6, 6.07) is 16.4. The number of benzene rings is 2. The zero-order valence-electron chi connectivity index (χ0n) is 11.2. The van der Waals surface area contributed by atoms with Gasteiger partial charge in [-0.2, -0.15) is 5.26 Å². The molecule has 0 atom stereocenters. The zero-order valence-corrected chi connectivity index (χ0v) is 11.2. The number of nitriles is 1. The van der Waals surface area contributed by atoms with Gasteiger partial charge in [-0.15, -0.1) is 0 Å². The molecule has 20 heavy (non-hydrogen) atoms. The Morgan fingerprint density at radius 3 is 2.70 bits per heavy atom. The van der Waals surface area contributed by atoms with Gasteiger partial charge in [0.15, 0.2) is 0 Å². The lowest BCUT2D eigenvalue weighted by atomic mass is 10.1. The van der Waals surface area contributed by atoms with Crippen LogP contribution in [-0.4, -0.2) is 13.0 Å². The summed E-state index contributed by atoms with van der Waals surface area (Å²) < 4.78 is 0. The number of carbonyl (C=O) groups excluding carboxylic acids is 1. The maximum atomic E-state index is 12.3. The molecule has 1 amide bonds. The van der Waals surface area contributed by atoms with Crippen molar-refractivity contribution >= 4 is 17.3 Å². The summed E-state index contributed by atoms with van der Waals surface area (Å²) in [7, 11) is 1.67. The Morgan fingerprint density at radius 2 is 2.00 bits per heavy atom. The molecule has 2 N–H and O–H groups in total. The van der Waals surface area contributed by atoms with Crippen molar-refractivity contribution in [2.24, 2.45) is 0 Å². The van der Waals surface area contributed by atoms with Crippen LogP contribution in [0.4, 0.5) is 11.4 Å². The van der Waals surface area contributed by atoms with E-state index in [9.17, 15) is 4.79 Å². The number of amides is 1. The van der Waals surface area contributed by atoms with Crippen LogP contribution in [0.1, 0.15) is 11.1 Å². The maximum absolute atomic E-state index is 12.3. The van der Waals surface area contributed by atoms with E-state index < -0.39 is 0 Å². The van der Waals surface area contributed by atoms with Crippen molar-refractivity contribution in [3.8, 4) is 6.07 Å². The molecule has 0 radical (unpaired) electrons. The number of likely N-dealkylation sites (N-methyl/N-ethyl adjacent to an activating group) is 1. The SMILES string of the molecule is CN(C(=O)Cc1cccc(N)c1)c1ccccc1C#N. The molecule has 0 spiro atoms. The highest BCUT2D eigenvalue weighted by atomic mass is 16.2. The molecule has 0 aliphatic carbocycles. The molecule has 2 rings (SSSR count). The number of nitrogen functional groups attached to an aromatic ring is 1. The second-order valence-electron chi connectivity index (χ2n) is 4.50. The first-order chi connectivity index (χ1) is 9.61. The monoisotopic (exact) mass is 265 g/mol. The molecule has 0 aliphatic rings. The molecule has 4 heteroatoms. The summed E-state index contributed by atoms with van der Waals surface area (Å²) in [4.78, 5) is 13.8. The van der Waals surface area contributed by atoms with Gasteiger partial charge < -0.3 is 10.6 Å². The Morgan fingerprint density at radius 1 is 1.25 bits per heavy atom. The van der Waals surface area contributed by atoms with E-state index >= 15 is 0 Å². The third-order valence-corrected chi connectivity index (χ3v) is 3.07. The van der Waals surface area contributed by atoms with Crippen LogP contribution in [0.5, 0.6) is 0 Å². The Bertz CT molecular complexity index is 673. The Labute approximate surface area is 118 Å². The summed E-state index contributed by atoms with van der Waals surface area (Å²) in [6.07, 6.45) is 0.251. The summed E-state index contributed by atoms with van der Waals surface area (Å²) in [5.74, 6) is -0.0849. The summed E-state index contributed by atoms with van der Waals surface area (Å²) >= 11 is 0. The first kappa shape index (κ1) is 13.6. The second-order valence-corrected chi connectivity index (χ2v) is 4.50. The van der Waals surface area contributed by atoms with Crippen LogP contribution < -0.4 is 10.6 Å². The lowest BCUT2D eigenvalue weighted by Gasteiger charge is -2.18. The standard InChI is InChI=1S/C16H15N3O/c1-19(15-8-3-2-6-13(15)11-17)16(20)10-12-5-4-7-14(18)9-12/h2-9H,10,18H2,1H3. The van der Waals surface area contributed by atoms with Crippen LogP contribution >= 0.6 is 0 Å². The highest BCUT2D eigenvalue weighted by molar-refractivity contribution is 5.95. The number of anilines is 2. The molecule has 4 nitrogen and oxygen atoms in total. The molecule has 0 saturated heterocycles. The number of para-hydroxylation sites is 1. The van der Waals surface area contributed by atoms with E-state index in [1.54, 1.807) is 43.4 Å². The Balaban J connectivity index is 2.19. The molecule has 0 bridgehead atoms. The molecule has 0 heterocycles. The van der Waals surface area contributed by atoms with Crippen molar-refractivity contribution < 1.29 is 4.79 Å². The molecule has 0 aromatic heterocycles. The van der Waals surface area contributed by atoms with Gasteiger partial charge in [-0.3, -0.25) is 4.79 Å². The van der Waals surface area contributed by atoms with Crippen LogP contribution in [0.3, 0.4) is 0 Å². The third-order valence-electron chi connectivity index (χ3n) is 3.07. The van der Waals surface area contributed by atoms with Crippen molar-refractivity contribution in [1.82, 2.24) is 0 Å². The van der Waals surface area contributed by atoms with Gasteiger partial charge in [-0.1, -0.05) is 24.3 Å². The number of nitrogens with two attached hydrogens (primary N) is 1. The molecule has 0 aliphatic heterocycles. The van der Waals surface area contributed by atoms with Gasteiger partial charge in [0.05, 0.1) is 17.7 Å². The first-order valence-corrected chi connectivity index (χ1v) is 6.22. The topological polar surface area (TPSA) is 70.1 Å². The fraction of sp³-hybridized carbons (Fsp3) is 0.125. The highest BCUT2D eigenvalue weighted by Crippen LogP contribution is 2.19. The van der Waals surface area contributed by atoms with E-state index in [-0.39, 0.29) is 12.3 Å². The summed E-state index contributed by atoms with van der Waals surface area (Å²) in [5, 5.41) is 9.07. The second kappa shape index (κ2) is 5.89. The normalized spacial score (nSPS) is 9.80. The van der Waals surface area contributed by atoms with Gasteiger partial charge in [0.1, 0.15) is 6.07 Å². The minimum atomic E-state index is -0.0849. The van der Waals surface area contributed by atoms with Crippen molar-refractivity contribution in [2.75, 3.05) is 17.7 Å². The van der Waals surface area contributed by atoms with E-state index in [0.717, 1.165) is 5.56 Å². The number of carbonyl (C=O) groups is 1. The predicted octanol–water partition coefficient (Wildman–Crippen LogP) is 2.35. The number of hydrogen-bond acceptors (Lipinski definition) is 3. The number of hydrogen-bond donors (Lipinski definition) is 1. The van der Waals surface area contributed by atoms with Crippen molar-refractivity contribution in [3.05, 3.63) is 59.7 Å². The van der Waals surface area contributed by atoms with Gasteiger partial charge in [0.25, 0.3) is 0 Å². The van der Waals surface area contributed by atoms with Crippen LogP contribution in [0.25, 0.3) is 0 Å². The number of nitrogens with zero attached hydrogens (tertiary/aromatic N) is 2. The van der Waals surface area contributed by atoms with Crippen LogP contribution in [-0.2, 0) is 11.2 Å². The largest absolute Gasteiger partial charge is 0.399 e. The maximum Gasteiger partial charge on any atom is 0.231 e. The van der Waals surface area contributed by atoms with E-state index in [1.165, 1.54) is 4.90 Å². The Hall–Kier alpha value is -2.80. The fourth-order valence-electron chi connectivity index (χ4n) is 1.99. The molecule has 2 aromatic rings. The smallest absolute Gasteiger partial charge is 0.231 e. The van der Waals surface area contributed by atoms with Crippen LogP contribution in [0.15, 0.2) is 48.5 Å². The van der Waals surface area contributed by atoms with E-state index in [0.29, 0.717) is 16.9 Å². The highest BCUT2D eigenvalue weighted by Gasteiger charge is 2.14. The van der Waals surface area contributed by atoms with E-state index in [2.05, 4.69) is 6.07 Å². The fourth-order valence-corrected chi connectivity index (χ4v) is 1.99. The molecule has 0 unspecified atom stereocenters. The lowest BCUT2D eigenvalue weighted by molar-refractivity contribution is -0.117.